The van der Waals surface area contributed by atoms with Crippen LogP contribution in [0.5, 0.6) is 11.5 Å². The van der Waals surface area contributed by atoms with Crippen LogP contribution in [0.25, 0.3) is 11.3 Å². The molecule has 7 nitrogen and oxygen atoms in total. The van der Waals surface area contributed by atoms with Crippen LogP contribution in [0.15, 0.2) is 47.8 Å². The van der Waals surface area contributed by atoms with E-state index in [-0.39, 0.29) is 13.0 Å². The molecule has 0 aliphatic carbocycles. The Kier molecular flexibility index (Phi) is 7.03. The van der Waals surface area contributed by atoms with Gasteiger partial charge in [-0.15, -0.1) is 11.3 Å². The molecule has 1 N–H and O–H groups in total. The minimum absolute atomic E-state index is 0.0163. The van der Waals surface area contributed by atoms with Crippen molar-refractivity contribution in [2.45, 2.75) is 13.3 Å². The largest absolute Gasteiger partial charge is 0.493 e. The molecule has 0 fully saturated rings. The number of thiazole rings is 1. The number of carbonyl (C=O) groups is 2. The zero-order valence-electron chi connectivity index (χ0n) is 16.9. The van der Waals surface area contributed by atoms with Gasteiger partial charge in [0.15, 0.2) is 23.2 Å². The Labute approximate surface area is 178 Å². The van der Waals surface area contributed by atoms with Gasteiger partial charge < -0.3 is 14.2 Å². The van der Waals surface area contributed by atoms with Crippen LogP contribution >= 0.6 is 11.3 Å². The molecule has 3 aromatic rings. The maximum Gasteiger partial charge on any atom is 0.310 e. The molecule has 0 aliphatic heterocycles. The van der Waals surface area contributed by atoms with Crippen molar-refractivity contribution in [3.8, 4) is 22.8 Å². The summed E-state index contributed by atoms with van der Waals surface area (Å²) in [6, 6.07) is 13.1. The maximum absolute atomic E-state index is 12.1. The summed E-state index contributed by atoms with van der Waals surface area (Å²) < 4.78 is 15.5. The summed E-state index contributed by atoms with van der Waals surface area (Å²) in [6.07, 6.45) is 0.0163. The number of rotatable bonds is 8. The molecule has 3 rings (SSSR count). The van der Waals surface area contributed by atoms with Crippen LogP contribution < -0.4 is 14.8 Å². The van der Waals surface area contributed by atoms with E-state index in [2.05, 4.69) is 10.3 Å². The van der Waals surface area contributed by atoms with E-state index in [9.17, 15) is 9.59 Å². The normalized spacial score (nSPS) is 10.4. The van der Waals surface area contributed by atoms with Gasteiger partial charge in [-0.25, -0.2) is 4.98 Å². The standard InChI is InChI=1S/C22H22N2O5S/c1-14-4-7-16(8-5-14)17-13-30-22(23-17)24-20(25)12-29-21(26)11-15-6-9-18(27-2)19(10-15)28-3/h4-10,13H,11-12H2,1-3H3,(H,23,24,25). The molecule has 0 atom stereocenters. The van der Waals surface area contributed by atoms with Crippen LogP contribution in [0.2, 0.25) is 0 Å². The van der Waals surface area contributed by atoms with Gasteiger partial charge >= 0.3 is 5.97 Å². The summed E-state index contributed by atoms with van der Waals surface area (Å²) in [5.41, 5.74) is 3.61. The third kappa shape index (κ3) is 5.57. The van der Waals surface area contributed by atoms with Crippen molar-refractivity contribution in [2.24, 2.45) is 0 Å². The van der Waals surface area contributed by atoms with Crippen LogP contribution in [-0.4, -0.2) is 37.7 Å². The number of methoxy groups -OCH3 is 2. The zero-order valence-corrected chi connectivity index (χ0v) is 17.7. The summed E-state index contributed by atoms with van der Waals surface area (Å²) in [6.45, 7) is 1.63. The van der Waals surface area contributed by atoms with E-state index < -0.39 is 11.9 Å². The fourth-order valence-corrected chi connectivity index (χ4v) is 3.43. The number of hydrogen-bond donors (Lipinski definition) is 1. The lowest BCUT2D eigenvalue weighted by atomic mass is 10.1. The molecular weight excluding hydrogens is 404 g/mol. The predicted molar refractivity (Wildman–Crippen MR) is 115 cm³/mol. The number of esters is 1. The van der Waals surface area contributed by atoms with E-state index in [1.165, 1.54) is 25.6 Å². The SMILES string of the molecule is COc1ccc(CC(=O)OCC(=O)Nc2nc(-c3ccc(C)cc3)cs2)cc1OC. The number of amides is 1. The molecule has 0 spiro atoms. The first-order chi connectivity index (χ1) is 14.5. The van der Waals surface area contributed by atoms with Crippen LogP contribution in [0, 0.1) is 6.92 Å². The highest BCUT2D eigenvalue weighted by molar-refractivity contribution is 7.14. The van der Waals surface area contributed by atoms with Crippen molar-refractivity contribution in [3.05, 3.63) is 59.0 Å². The first kappa shape index (κ1) is 21.3. The lowest BCUT2D eigenvalue weighted by Crippen LogP contribution is -2.21. The molecule has 0 bridgehead atoms. The zero-order chi connectivity index (χ0) is 21.5. The van der Waals surface area contributed by atoms with E-state index in [1.54, 1.807) is 18.2 Å². The van der Waals surface area contributed by atoms with Gasteiger partial charge in [-0.05, 0) is 24.6 Å². The van der Waals surface area contributed by atoms with Gasteiger partial charge in [-0.2, -0.15) is 0 Å². The number of anilines is 1. The molecule has 8 heteroatoms. The second kappa shape index (κ2) is 9.89. The van der Waals surface area contributed by atoms with Crippen molar-refractivity contribution in [3.63, 3.8) is 0 Å². The highest BCUT2D eigenvalue weighted by atomic mass is 32.1. The third-order valence-electron chi connectivity index (χ3n) is 4.26. The Morgan fingerprint density at radius 3 is 2.47 bits per heavy atom. The van der Waals surface area contributed by atoms with Crippen LogP contribution in [0.1, 0.15) is 11.1 Å². The molecule has 1 aromatic heterocycles. The Morgan fingerprint density at radius 1 is 1.03 bits per heavy atom. The Morgan fingerprint density at radius 2 is 1.77 bits per heavy atom. The Balaban J connectivity index is 1.50. The highest BCUT2D eigenvalue weighted by Gasteiger charge is 2.13. The quantitative estimate of drug-likeness (QED) is 0.551. The number of aryl methyl sites for hydroxylation is 1. The molecule has 30 heavy (non-hydrogen) atoms. The van der Waals surface area contributed by atoms with E-state index in [4.69, 9.17) is 14.2 Å². The summed E-state index contributed by atoms with van der Waals surface area (Å²) in [4.78, 5) is 28.5. The first-order valence-corrected chi connectivity index (χ1v) is 10.1. The molecule has 1 amide bonds. The van der Waals surface area contributed by atoms with Gasteiger partial charge in [0.2, 0.25) is 0 Å². The number of hydrogen-bond acceptors (Lipinski definition) is 7. The number of benzene rings is 2. The van der Waals surface area contributed by atoms with Gasteiger partial charge in [0.05, 0.1) is 26.3 Å². The highest BCUT2D eigenvalue weighted by Crippen LogP contribution is 2.28. The lowest BCUT2D eigenvalue weighted by molar-refractivity contribution is -0.146. The molecule has 0 unspecified atom stereocenters. The average molecular weight is 426 g/mol. The minimum Gasteiger partial charge on any atom is -0.493 e. The van der Waals surface area contributed by atoms with Gasteiger partial charge in [0.1, 0.15) is 0 Å². The van der Waals surface area contributed by atoms with E-state index in [1.807, 2.05) is 36.6 Å². The van der Waals surface area contributed by atoms with Gasteiger partial charge in [-0.3, -0.25) is 14.9 Å². The second-order valence-electron chi connectivity index (χ2n) is 6.48. The van der Waals surface area contributed by atoms with E-state index in [0.29, 0.717) is 22.2 Å². The summed E-state index contributed by atoms with van der Waals surface area (Å²) in [5.74, 6) is 0.133. The second-order valence-corrected chi connectivity index (χ2v) is 7.34. The van der Waals surface area contributed by atoms with Crippen LogP contribution in [0.3, 0.4) is 0 Å². The number of aromatic nitrogens is 1. The molecule has 0 aliphatic rings. The monoisotopic (exact) mass is 426 g/mol. The predicted octanol–water partition coefficient (Wildman–Crippen LogP) is 3.86. The van der Waals surface area contributed by atoms with Crippen molar-refractivity contribution in [1.82, 2.24) is 4.98 Å². The van der Waals surface area contributed by atoms with E-state index in [0.717, 1.165) is 16.8 Å². The number of nitrogens with one attached hydrogen (secondary N) is 1. The molecule has 0 saturated heterocycles. The fourth-order valence-electron chi connectivity index (χ4n) is 2.70. The van der Waals surface area contributed by atoms with Crippen LogP contribution in [0.4, 0.5) is 5.13 Å². The lowest BCUT2D eigenvalue weighted by Gasteiger charge is -2.09. The molecule has 156 valence electrons. The van der Waals surface area contributed by atoms with Gasteiger partial charge in [0, 0.05) is 10.9 Å². The average Bonchev–Trinajstić information content (AvgIpc) is 3.21. The first-order valence-electron chi connectivity index (χ1n) is 9.17. The summed E-state index contributed by atoms with van der Waals surface area (Å²) in [5, 5.41) is 4.97. The molecule has 2 aromatic carbocycles. The Bertz CT molecular complexity index is 1030. The van der Waals surface area contributed by atoms with Crippen molar-refractivity contribution < 1.29 is 23.8 Å². The summed E-state index contributed by atoms with van der Waals surface area (Å²) in [7, 11) is 3.06. The fraction of sp³-hybridized carbons (Fsp3) is 0.227. The van der Waals surface area contributed by atoms with Gasteiger partial charge in [0.25, 0.3) is 5.91 Å². The minimum atomic E-state index is -0.517. The smallest absolute Gasteiger partial charge is 0.310 e. The number of nitrogens with zero attached hydrogens (tertiary/aromatic N) is 1. The van der Waals surface area contributed by atoms with E-state index >= 15 is 0 Å². The molecule has 0 radical (unpaired) electrons. The van der Waals surface area contributed by atoms with Crippen molar-refractivity contribution in [2.75, 3.05) is 26.1 Å². The third-order valence-corrected chi connectivity index (χ3v) is 5.02. The maximum atomic E-state index is 12.1. The number of ether oxygens (including phenoxy) is 3. The summed E-state index contributed by atoms with van der Waals surface area (Å²) >= 11 is 1.31. The number of carbonyl (C=O) groups excluding carboxylic acids is 2. The molecule has 0 saturated carbocycles. The molecular formula is C22H22N2O5S. The topological polar surface area (TPSA) is 86.8 Å². The van der Waals surface area contributed by atoms with Crippen molar-refractivity contribution in [1.29, 1.82) is 0 Å². The Hall–Kier alpha value is -3.39. The van der Waals surface area contributed by atoms with Gasteiger partial charge in [-0.1, -0.05) is 35.9 Å². The molecule has 1 heterocycles. The van der Waals surface area contributed by atoms with Crippen LogP contribution in [-0.2, 0) is 20.7 Å². The van der Waals surface area contributed by atoms with Crippen molar-refractivity contribution >= 4 is 28.3 Å².